The Morgan fingerprint density at radius 2 is 1.89 bits per heavy atom. The van der Waals surface area contributed by atoms with Crippen LogP contribution in [0.2, 0.25) is 5.15 Å². The molecule has 1 saturated heterocycles. The summed E-state index contributed by atoms with van der Waals surface area (Å²) in [6.45, 7) is 1.21. The van der Waals surface area contributed by atoms with Gasteiger partial charge in [-0.1, -0.05) is 11.6 Å². The summed E-state index contributed by atoms with van der Waals surface area (Å²) in [5.41, 5.74) is 1.71. The normalized spacial score (nSPS) is 15.6. The standard InChI is InChI=1S/C17H16ClN5O4S/c18-17-14(21-28(25,26)22-5-7-27-8-6-22)9-13(10-20-17)12-1-2-15-19-4-3-16(24)23(15)11-12/h1-4,9-11,21H,5-8H2. The van der Waals surface area contributed by atoms with Crippen LogP contribution >= 0.6 is 11.6 Å². The molecule has 28 heavy (non-hydrogen) atoms. The first-order chi connectivity index (χ1) is 13.4. The van der Waals surface area contributed by atoms with Crippen molar-refractivity contribution in [3.63, 3.8) is 0 Å². The molecular formula is C17H16ClN5O4S. The molecule has 0 saturated carbocycles. The Balaban J connectivity index is 1.69. The Morgan fingerprint density at radius 3 is 2.68 bits per heavy atom. The largest absolute Gasteiger partial charge is 0.379 e. The summed E-state index contributed by atoms with van der Waals surface area (Å²) in [6, 6.07) is 6.41. The fourth-order valence-corrected chi connectivity index (χ4v) is 4.27. The summed E-state index contributed by atoms with van der Waals surface area (Å²) < 4.78 is 35.6. The van der Waals surface area contributed by atoms with Crippen molar-refractivity contribution in [2.24, 2.45) is 0 Å². The maximum absolute atomic E-state index is 12.6. The quantitative estimate of drug-likeness (QED) is 0.638. The molecule has 1 fully saturated rings. The third kappa shape index (κ3) is 3.72. The maximum Gasteiger partial charge on any atom is 0.301 e. The minimum atomic E-state index is -3.79. The molecule has 0 aromatic carbocycles. The van der Waals surface area contributed by atoms with Crippen LogP contribution in [0.4, 0.5) is 5.69 Å². The van der Waals surface area contributed by atoms with Crippen LogP contribution in [-0.4, -0.2) is 53.4 Å². The number of anilines is 1. The fourth-order valence-electron chi connectivity index (χ4n) is 2.87. The van der Waals surface area contributed by atoms with E-state index in [1.807, 2.05) is 0 Å². The van der Waals surface area contributed by atoms with Crippen LogP contribution in [-0.2, 0) is 14.9 Å². The summed E-state index contributed by atoms with van der Waals surface area (Å²) in [4.78, 5) is 20.2. The number of fused-ring (bicyclic) bond motifs is 1. The van der Waals surface area contributed by atoms with E-state index in [2.05, 4.69) is 14.7 Å². The Bertz CT molecular complexity index is 1190. The van der Waals surface area contributed by atoms with Gasteiger partial charge in [-0.25, -0.2) is 9.97 Å². The van der Waals surface area contributed by atoms with Gasteiger partial charge in [0.2, 0.25) is 0 Å². The van der Waals surface area contributed by atoms with E-state index in [4.69, 9.17) is 16.3 Å². The molecule has 3 aromatic heterocycles. The summed E-state index contributed by atoms with van der Waals surface area (Å²) >= 11 is 6.10. The molecule has 3 aromatic rings. The van der Waals surface area contributed by atoms with Gasteiger partial charge in [0, 0.05) is 48.9 Å². The zero-order valence-electron chi connectivity index (χ0n) is 14.6. The molecule has 11 heteroatoms. The van der Waals surface area contributed by atoms with E-state index in [9.17, 15) is 13.2 Å². The van der Waals surface area contributed by atoms with Gasteiger partial charge in [0.1, 0.15) is 5.65 Å². The number of aromatic nitrogens is 3. The topological polar surface area (TPSA) is 106 Å². The second-order valence-electron chi connectivity index (χ2n) is 6.11. The lowest BCUT2D eigenvalue weighted by Crippen LogP contribution is -2.43. The first-order valence-electron chi connectivity index (χ1n) is 8.43. The highest BCUT2D eigenvalue weighted by Gasteiger charge is 2.25. The number of ether oxygens (including phenoxy) is 1. The molecule has 0 radical (unpaired) electrons. The Kier molecular flexibility index (Phi) is 5.02. The summed E-state index contributed by atoms with van der Waals surface area (Å²) in [5.74, 6) is 0. The van der Waals surface area contributed by atoms with Crippen LogP contribution in [0.5, 0.6) is 0 Å². The van der Waals surface area contributed by atoms with Crippen LogP contribution in [0.1, 0.15) is 0 Å². The van der Waals surface area contributed by atoms with Crippen LogP contribution < -0.4 is 10.3 Å². The van der Waals surface area contributed by atoms with Crippen molar-refractivity contribution in [2.75, 3.05) is 31.0 Å². The number of pyridine rings is 2. The highest BCUT2D eigenvalue weighted by Crippen LogP contribution is 2.28. The van der Waals surface area contributed by atoms with Crippen molar-refractivity contribution in [1.29, 1.82) is 0 Å². The fraction of sp³-hybridized carbons (Fsp3) is 0.235. The zero-order chi connectivity index (χ0) is 19.7. The first kappa shape index (κ1) is 18.8. The average Bonchev–Trinajstić information content (AvgIpc) is 2.70. The van der Waals surface area contributed by atoms with Gasteiger partial charge in [-0.15, -0.1) is 0 Å². The molecule has 0 bridgehead atoms. The van der Waals surface area contributed by atoms with Gasteiger partial charge < -0.3 is 4.74 Å². The highest BCUT2D eigenvalue weighted by molar-refractivity contribution is 7.90. The molecule has 0 aliphatic carbocycles. The minimum absolute atomic E-state index is 0.0280. The Labute approximate surface area is 165 Å². The van der Waals surface area contributed by atoms with Crippen molar-refractivity contribution >= 4 is 33.1 Å². The molecule has 0 unspecified atom stereocenters. The van der Waals surface area contributed by atoms with E-state index in [1.54, 1.807) is 24.4 Å². The van der Waals surface area contributed by atoms with E-state index >= 15 is 0 Å². The number of hydrogen-bond donors (Lipinski definition) is 1. The number of rotatable bonds is 4. The molecular weight excluding hydrogens is 406 g/mol. The first-order valence-corrected chi connectivity index (χ1v) is 10.2. The van der Waals surface area contributed by atoms with Crippen LogP contribution in [0.15, 0.2) is 47.7 Å². The molecule has 146 valence electrons. The van der Waals surface area contributed by atoms with Gasteiger partial charge in [0.25, 0.3) is 5.56 Å². The number of nitrogens with one attached hydrogen (secondary N) is 1. The summed E-state index contributed by atoms with van der Waals surface area (Å²) in [6.07, 6.45) is 4.58. The molecule has 9 nitrogen and oxygen atoms in total. The minimum Gasteiger partial charge on any atom is -0.379 e. The predicted octanol–water partition coefficient (Wildman–Crippen LogP) is 1.40. The van der Waals surface area contributed by atoms with Crippen LogP contribution in [0, 0.1) is 0 Å². The van der Waals surface area contributed by atoms with Crippen LogP contribution in [0.3, 0.4) is 0 Å². The van der Waals surface area contributed by atoms with E-state index in [1.165, 1.54) is 27.2 Å². The van der Waals surface area contributed by atoms with Crippen molar-refractivity contribution in [3.8, 4) is 11.1 Å². The number of nitrogens with zero attached hydrogens (tertiary/aromatic N) is 4. The molecule has 1 aliphatic rings. The van der Waals surface area contributed by atoms with Crippen molar-refractivity contribution in [2.45, 2.75) is 0 Å². The van der Waals surface area contributed by atoms with E-state index in [0.717, 1.165) is 0 Å². The predicted molar refractivity (Wildman–Crippen MR) is 105 cm³/mol. The summed E-state index contributed by atoms with van der Waals surface area (Å²) in [7, 11) is -3.79. The molecule has 4 rings (SSSR count). The molecule has 1 N–H and O–H groups in total. The second-order valence-corrected chi connectivity index (χ2v) is 8.14. The van der Waals surface area contributed by atoms with E-state index < -0.39 is 10.2 Å². The van der Waals surface area contributed by atoms with Gasteiger partial charge in [0.15, 0.2) is 5.15 Å². The zero-order valence-corrected chi connectivity index (χ0v) is 16.2. The van der Waals surface area contributed by atoms with E-state index in [0.29, 0.717) is 30.0 Å². The lowest BCUT2D eigenvalue weighted by atomic mass is 10.1. The van der Waals surface area contributed by atoms with Crippen molar-refractivity contribution in [3.05, 3.63) is 58.4 Å². The Hall–Kier alpha value is -2.53. The lowest BCUT2D eigenvalue weighted by Gasteiger charge is -2.26. The van der Waals surface area contributed by atoms with Crippen molar-refractivity contribution in [1.82, 2.24) is 18.7 Å². The lowest BCUT2D eigenvalue weighted by molar-refractivity contribution is 0.0733. The van der Waals surface area contributed by atoms with Gasteiger partial charge in [-0.3, -0.25) is 13.9 Å². The smallest absolute Gasteiger partial charge is 0.301 e. The van der Waals surface area contributed by atoms with E-state index in [-0.39, 0.29) is 29.5 Å². The van der Waals surface area contributed by atoms with Gasteiger partial charge >= 0.3 is 10.2 Å². The van der Waals surface area contributed by atoms with Gasteiger partial charge in [0.05, 0.1) is 18.9 Å². The monoisotopic (exact) mass is 421 g/mol. The third-order valence-corrected chi connectivity index (χ3v) is 6.13. The van der Waals surface area contributed by atoms with Gasteiger partial charge in [-0.2, -0.15) is 12.7 Å². The van der Waals surface area contributed by atoms with Crippen LogP contribution in [0.25, 0.3) is 16.8 Å². The van der Waals surface area contributed by atoms with Crippen molar-refractivity contribution < 1.29 is 13.2 Å². The van der Waals surface area contributed by atoms with Gasteiger partial charge in [-0.05, 0) is 18.2 Å². The third-order valence-electron chi connectivity index (χ3n) is 4.31. The second kappa shape index (κ2) is 7.47. The maximum atomic E-state index is 12.6. The number of hydrogen-bond acceptors (Lipinski definition) is 6. The summed E-state index contributed by atoms with van der Waals surface area (Å²) in [5, 5.41) is 0.0280. The molecule has 1 aliphatic heterocycles. The molecule has 0 atom stereocenters. The number of halogens is 1. The Morgan fingerprint density at radius 1 is 1.11 bits per heavy atom. The average molecular weight is 422 g/mol. The highest BCUT2D eigenvalue weighted by atomic mass is 35.5. The molecule has 0 amide bonds. The molecule has 0 spiro atoms. The SMILES string of the molecule is O=c1ccnc2ccc(-c3cnc(Cl)c(NS(=O)(=O)N4CCOCC4)c3)cn12. The number of morpholine rings is 1. The molecule has 4 heterocycles.